The molecule has 0 bridgehead atoms. The first-order valence-electron chi connectivity index (χ1n) is 7.09. The SMILES string of the molecule is O=C(Nc1ccccc1O)[C@@H]1C[C@@H]2CCCC[C@H]2N1. The minimum absolute atomic E-state index is 0.0316. The number of phenolic OH excluding ortho intramolecular Hbond substituents is 1. The average Bonchev–Trinajstić information content (AvgIpc) is 2.85. The molecule has 4 nitrogen and oxygen atoms in total. The summed E-state index contributed by atoms with van der Waals surface area (Å²) in [5.41, 5.74) is 0.490. The molecule has 1 amide bonds. The normalized spacial score (nSPS) is 29.8. The molecule has 2 aliphatic rings. The van der Waals surface area contributed by atoms with Crippen LogP contribution in [-0.4, -0.2) is 23.1 Å². The van der Waals surface area contributed by atoms with Gasteiger partial charge < -0.3 is 15.7 Å². The molecule has 19 heavy (non-hydrogen) atoms. The molecule has 1 aliphatic heterocycles. The fourth-order valence-corrected chi connectivity index (χ4v) is 3.32. The first-order chi connectivity index (χ1) is 9.24. The van der Waals surface area contributed by atoms with E-state index in [1.807, 2.05) is 0 Å². The molecule has 1 saturated heterocycles. The van der Waals surface area contributed by atoms with E-state index in [0.717, 1.165) is 6.42 Å². The van der Waals surface area contributed by atoms with E-state index in [1.165, 1.54) is 25.7 Å². The number of carbonyl (C=O) groups is 1. The van der Waals surface area contributed by atoms with E-state index in [-0.39, 0.29) is 17.7 Å². The smallest absolute Gasteiger partial charge is 0.241 e. The van der Waals surface area contributed by atoms with Gasteiger partial charge in [0.15, 0.2) is 0 Å². The third kappa shape index (κ3) is 2.59. The van der Waals surface area contributed by atoms with Crippen LogP contribution >= 0.6 is 0 Å². The summed E-state index contributed by atoms with van der Waals surface area (Å²) in [6.45, 7) is 0. The molecule has 3 N–H and O–H groups in total. The van der Waals surface area contributed by atoms with Crippen molar-refractivity contribution in [3.63, 3.8) is 0 Å². The van der Waals surface area contributed by atoms with E-state index in [1.54, 1.807) is 24.3 Å². The van der Waals surface area contributed by atoms with Gasteiger partial charge in [0.25, 0.3) is 0 Å². The number of hydrogen-bond donors (Lipinski definition) is 3. The van der Waals surface area contributed by atoms with Gasteiger partial charge in [-0.3, -0.25) is 4.79 Å². The minimum Gasteiger partial charge on any atom is -0.506 e. The number of anilines is 1. The van der Waals surface area contributed by atoms with E-state index < -0.39 is 0 Å². The van der Waals surface area contributed by atoms with Crippen LogP contribution in [0.5, 0.6) is 5.75 Å². The lowest BCUT2D eigenvalue weighted by molar-refractivity contribution is -0.117. The first kappa shape index (κ1) is 12.5. The van der Waals surface area contributed by atoms with Gasteiger partial charge in [0, 0.05) is 6.04 Å². The molecule has 102 valence electrons. The fraction of sp³-hybridized carbons (Fsp3) is 0.533. The number of benzene rings is 1. The van der Waals surface area contributed by atoms with Crippen LogP contribution in [0.25, 0.3) is 0 Å². The number of amides is 1. The van der Waals surface area contributed by atoms with E-state index >= 15 is 0 Å². The highest BCUT2D eigenvalue weighted by Crippen LogP contribution is 2.33. The van der Waals surface area contributed by atoms with Crippen LogP contribution in [0, 0.1) is 5.92 Å². The van der Waals surface area contributed by atoms with Gasteiger partial charge in [0.1, 0.15) is 5.75 Å². The number of fused-ring (bicyclic) bond motifs is 1. The van der Waals surface area contributed by atoms with Crippen molar-refractivity contribution in [2.75, 3.05) is 5.32 Å². The third-order valence-electron chi connectivity index (χ3n) is 4.34. The molecule has 1 aliphatic carbocycles. The molecule has 1 aromatic carbocycles. The van der Waals surface area contributed by atoms with Crippen molar-refractivity contribution in [3.8, 4) is 5.75 Å². The Bertz CT molecular complexity index is 461. The zero-order valence-corrected chi connectivity index (χ0v) is 10.9. The van der Waals surface area contributed by atoms with Crippen LogP contribution in [0.15, 0.2) is 24.3 Å². The molecular formula is C15H20N2O2. The Labute approximate surface area is 113 Å². The van der Waals surface area contributed by atoms with Gasteiger partial charge in [-0.25, -0.2) is 0 Å². The summed E-state index contributed by atoms with van der Waals surface area (Å²) < 4.78 is 0. The van der Waals surface area contributed by atoms with Crippen LogP contribution < -0.4 is 10.6 Å². The molecule has 0 aromatic heterocycles. The summed E-state index contributed by atoms with van der Waals surface area (Å²) in [5.74, 6) is 0.732. The van der Waals surface area contributed by atoms with Crippen molar-refractivity contribution in [2.45, 2.75) is 44.2 Å². The Hall–Kier alpha value is -1.55. The van der Waals surface area contributed by atoms with Crippen molar-refractivity contribution < 1.29 is 9.90 Å². The predicted octanol–water partition coefficient (Wildman–Crippen LogP) is 2.25. The fourth-order valence-electron chi connectivity index (χ4n) is 3.32. The zero-order valence-electron chi connectivity index (χ0n) is 10.9. The van der Waals surface area contributed by atoms with Gasteiger partial charge in [-0.1, -0.05) is 25.0 Å². The van der Waals surface area contributed by atoms with E-state index in [0.29, 0.717) is 17.6 Å². The Morgan fingerprint density at radius 3 is 2.84 bits per heavy atom. The van der Waals surface area contributed by atoms with Gasteiger partial charge in [0.2, 0.25) is 5.91 Å². The standard InChI is InChI=1S/C15H20N2O2/c18-14-8-4-3-7-12(14)17-15(19)13-9-10-5-1-2-6-11(10)16-13/h3-4,7-8,10-11,13,16,18H,1-2,5-6,9H2,(H,17,19)/t10-,11+,13-/m0/s1. The summed E-state index contributed by atoms with van der Waals surface area (Å²) in [7, 11) is 0. The Morgan fingerprint density at radius 1 is 1.26 bits per heavy atom. The lowest BCUT2D eigenvalue weighted by Gasteiger charge is -2.24. The number of para-hydroxylation sites is 2. The summed E-state index contributed by atoms with van der Waals surface area (Å²) in [4.78, 5) is 12.2. The Morgan fingerprint density at radius 2 is 2.05 bits per heavy atom. The van der Waals surface area contributed by atoms with E-state index in [2.05, 4.69) is 10.6 Å². The average molecular weight is 260 g/mol. The topological polar surface area (TPSA) is 61.4 Å². The van der Waals surface area contributed by atoms with E-state index in [9.17, 15) is 9.90 Å². The molecule has 1 heterocycles. The van der Waals surface area contributed by atoms with Crippen molar-refractivity contribution >= 4 is 11.6 Å². The van der Waals surface area contributed by atoms with Crippen molar-refractivity contribution in [1.82, 2.24) is 5.32 Å². The second-order valence-electron chi connectivity index (χ2n) is 5.61. The molecule has 3 atom stereocenters. The minimum atomic E-state index is -0.118. The van der Waals surface area contributed by atoms with Crippen LogP contribution in [0.4, 0.5) is 5.69 Å². The summed E-state index contributed by atoms with van der Waals surface area (Å²) >= 11 is 0. The Kier molecular flexibility index (Phi) is 3.42. The summed E-state index contributed by atoms with van der Waals surface area (Å²) in [6, 6.07) is 7.23. The number of aromatic hydroxyl groups is 1. The molecule has 3 rings (SSSR count). The third-order valence-corrected chi connectivity index (χ3v) is 4.34. The number of carbonyl (C=O) groups excluding carboxylic acids is 1. The van der Waals surface area contributed by atoms with Crippen molar-refractivity contribution in [3.05, 3.63) is 24.3 Å². The molecule has 1 saturated carbocycles. The van der Waals surface area contributed by atoms with Gasteiger partial charge >= 0.3 is 0 Å². The molecule has 4 heteroatoms. The summed E-state index contributed by atoms with van der Waals surface area (Å²) in [6.07, 6.45) is 5.89. The lowest BCUT2D eigenvalue weighted by atomic mass is 9.85. The maximum absolute atomic E-state index is 12.2. The van der Waals surface area contributed by atoms with Gasteiger partial charge in [-0.15, -0.1) is 0 Å². The van der Waals surface area contributed by atoms with Gasteiger partial charge in [0.05, 0.1) is 11.7 Å². The number of nitrogens with one attached hydrogen (secondary N) is 2. The molecule has 0 unspecified atom stereocenters. The van der Waals surface area contributed by atoms with Crippen LogP contribution in [0.2, 0.25) is 0 Å². The van der Waals surface area contributed by atoms with Gasteiger partial charge in [-0.05, 0) is 37.3 Å². The van der Waals surface area contributed by atoms with Crippen molar-refractivity contribution in [1.29, 1.82) is 0 Å². The first-order valence-corrected chi connectivity index (χ1v) is 7.09. The molecule has 1 aromatic rings. The monoisotopic (exact) mass is 260 g/mol. The zero-order chi connectivity index (χ0) is 13.2. The predicted molar refractivity (Wildman–Crippen MR) is 74.0 cm³/mol. The van der Waals surface area contributed by atoms with Crippen LogP contribution in [0.3, 0.4) is 0 Å². The number of phenols is 1. The summed E-state index contributed by atoms with van der Waals surface area (Å²) in [5, 5.41) is 15.9. The highest BCUT2D eigenvalue weighted by atomic mass is 16.3. The van der Waals surface area contributed by atoms with Crippen molar-refractivity contribution in [2.24, 2.45) is 5.92 Å². The van der Waals surface area contributed by atoms with Gasteiger partial charge in [-0.2, -0.15) is 0 Å². The highest BCUT2D eigenvalue weighted by molar-refractivity contribution is 5.96. The molecule has 0 spiro atoms. The molecular weight excluding hydrogens is 240 g/mol. The maximum Gasteiger partial charge on any atom is 0.241 e. The van der Waals surface area contributed by atoms with E-state index in [4.69, 9.17) is 0 Å². The quantitative estimate of drug-likeness (QED) is 0.715. The second kappa shape index (κ2) is 5.21. The Balaban J connectivity index is 1.64. The largest absolute Gasteiger partial charge is 0.506 e. The number of rotatable bonds is 2. The lowest BCUT2D eigenvalue weighted by Crippen LogP contribution is -2.39. The maximum atomic E-state index is 12.2. The van der Waals surface area contributed by atoms with Crippen LogP contribution in [-0.2, 0) is 4.79 Å². The molecule has 0 radical (unpaired) electrons. The highest BCUT2D eigenvalue weighted by Gasteiger charge is 2.38. The number of hydrogen-bond acceptors (Lipinski definition) is 3. The second-order valence-corrected chi connectivity index (χ2v) is 5.61. The molecule has 2 fully saturated rings. The van der Waals surface area contributed by atoms with Crippen LogP contribution in [0.1, 0.15) is 32.1 Å².